The van der Waals surface area contributed by atoms with Crippen LogP contribution in [0.3, 0.4) is 0 Å². The number of halogens is 1. The summed E-state index contributed by atoms with van der Waals surface area (Å²) in [7, 11) is 0. The Balaban J connectivity index is 2.01. The maximum atomic E-state index is 13.2. The van der Waals surface area contributed by atoms with Crippen LogP contribution >= 0.6 is 11.6 Å². The molecule has 0 unspecified atom stereocenters. The molecule has 0 radical (unpaired) electrons. The molecule has 3 heterocycles. The summed E-state index contributed by atoms with van der Waals surface area (Å²) in [5.41, 5.74) is 1.58. The van der Waals surface area contributed by atoms with E-state index < -0.39 is 11.2 Å². The van der Waals surface area contributed by atoms with Gasteiger partial charge in [-0.15, -0.1) is 0 Å². The summed E-state index contributed by atoms with van der Waals surface area (Å²) >= 11 is 6.10. The fraction of sp³-hybridized carbons (Fsp3) is 0.100. The molecule has 0 atom stereocenters. The number of aryl methyl sites for hydroxylation is 1. The minimum absolute atomic E-state index is 0.0728. The van der Waals surface area contributed by atoms with E-state index in [2.05, 4.69) is 9.97 Å². The van der Waals surface area contributed by atoms with E-state index in [9.17, 15) is 9.59 Å². The average Bonchev–Trinajstić information content (AvgIpc) is 2.67. The van der Waals surface area contributed by atoms with E-state index in [1.165, 1.54) is 9.13 Å². The molecule has 0 aliphatic heterocycles. The predicted molar refractivity (Wildman–Crippen MR) is 105 cm³/mol. The number of hydrogen-bond acceptors (Lipinski definition) is 4. The van der Waals surface area contributed by atoms with E-state index in [1.807, 2.05) is 13.0 Å². The van der Waals surface area contributed by atoms with Gasteiger partial charge in [0.15, 0.2) is 5.65 Å². The summed E-state index contributed by atoms with van der Waals surface area (Å²) < 4.78 is 2.57. The minimum Gasteiger partial charge on any atom is -0.268 e. The van der Waals surface area contributed by atoms with Crippen molar-refractivity contribution in [2.75, 3.05) is 0 Å². The van der Waals surface area contributed by atoms with Gasteiger partial charge in [-0.05, 0) is 48.9 Å². The topological polar surface area (TPSA) is 69.8 Å². The van der Waals surface area contributed by atoms with Gasteiger partial charge in [-0.25, -0.2) is 14.3 Å². The Bertz CT molecular complexity index is 1260. The van der Waals surface area contributed by atoms with E-state index in [0.717, 1.165) is 5.56 Å². The molecular weight excluding hydrogens is 364 g/mol. The molecule has 4 aromatic rings. The molecule has 0 bridgehead atoms. The lowest BCUT2D eigenvalue weighted by Crippen LogP contribution is -2.40. The lowest BCUT2D eigenvalue weighted by Gasteiger charge is -2.13. The van der Waals surface area contributed by atoms with Crippen LogP contribution in [0.5, 0.6) is 0 Å². The maximum Gasteiger partial charge on any atom is 0.337 e. The molecule has 1 aromatic carbocycles. The van der Waals surface area contributed by atoms with Gasteiger partial charge >= 0.3 is 5.69 Å². The van der Waals surface area contributed by atoms with Gasteiger partial charge in [0.1, 0.15) is 0 Å². The number of nitrogens with zero attached hydrogens (tertiary/aromatic N) is 4. The Kier molecular flexibility index (Phi) is 4.33. The number of fused-ring (bicyclic) bond motifs is 1. The van der Waals surface area contributed by atoms with E-state index in [-0.39, 0.29) is 6.54 Å². The largest absolute Gasteiger partial charge is 0.337 e. The molecule has 4 rings (SSSR count). The molecule has 7 heteroatoms. The van der Waals surface area contributed by atoms with Crippen molar-refractivity contribution < 1.29 is 0 Å². The van der Waals surface area contributed by atoms with Crippen molar-refractivity contribution >= 4 is 22.6 Å². The second kappa shape index (κ2) is 6.81. The van der Waals surface area contributed by atoms with Crippen molar-refractivity contribution in [1.29, 1.82) is 0 Å². The Morgan fingerprint density at radius 2 is 1.89 bits per heavy atom. The van der Waals surface area contributed by atoms with Gasteiger partial charge < -0.3 is 0 Å². The summed E-state index contributed by atoms with van der Waals surface area (Å²) in [6, 6.07) is 13.9. The summed E-state index contributed by atoms with van der Waals surface area (Å²) in [6.07, 6.45) is 3.26. The molecule has 0 aliphatic carbocycles. The van der Waals surface area contributed by atoms with Crippen molar-refractivity contribution in [2.24, 2.45) is 0 Å². The van der Waals surface area contributed by atoms with Crippen LogP contribution in [0.15, 0.2) is 70.5 Å². The first-order valence-corrected chi connectivity index (χ1v) is 8.70. The Labute approximate surface area is 159 Å². The number of benzene rings is 1. The second-order valence-corrected chi connectivity index (χ2v) is 6.63. The molecule has 0 saturated carbocycles. The molecule has 0 fully saturated rings. The summed E-state index contributed by atoms with van der Waals surface area (Å²) in [5.74, 6) is 0. The molecule has 27 heavy (non-hydrogen) atoms. The first-order valence-electron chi connectivity index (χ1n) is 8.32. The smallest absolute Gasteiger partial charge is 0.268 e. The number of aromatic nitrogens is 4. The zero-order chi connectivity index (χ0) is 19.0. The van der Waals surface area contributed by atoms with E-state index in [0.29, 0.717) is 27.4 Å². The lowest BCUT2D eigenvalue weighted by molar-refractivity contribution is 0.670. The summed E-state index contributed by atoms with van der Waals surface area (Å²) in [5, 5.41) is 0.839. The Morgan fingerprint density at radius 1 is 1.04 bits per heavy atom. The molecule has 0 saturated heterocycles. The fourth-order valence-electron chi connectivity index (χ4n) is 2.93. The first kappa shape index (κ1) is 17.2. The fourth-order valence-corrected chi connectivity index (χ4v) is 3.11. The Hall–Kier alpha value is -3.25. The number of rotatable bonds is 3. The highest BCUT2D eigenvalue weighted by molar-refractivity contribution is 6.30. The lowest BCUT2D eigenvalue weighted by atomic mass is 10.2. The van der Waals surface area contributed by atoms with Gasteiger partial charge in [0.2, 0.25) is 0 Å². The zero-order valence-corrected chi connectivity index (χ0v) is 15.2. The van der Waals surface area contributed by atoms with Gasteiger partial charge in [0, 0.05) is 17.4 Å². The SMILES string of the molecule is Cc1ccc(Cn2c(=O)c3cccnc3n(-c3cccc(Cl)c3)c2=O)nc1. The molecule has 0 aliphatic rings. The Morgan fingerprint density at radius 3 is 2.63 bits per heavy atom. The highest BCUT2D eigenvalue weighted by Crippen LogP contribution is 2.16. The highest BCUT2D eigenvalue weighted by Gasteiger charge is 2.16. The van der Waals surface area contributed by atoms with Crippen molar-refractivity contribution in [1.82, 2.24) is 19.1 Å². The van der Waals surface area contributed by atoms with Gasteiger partial charge in [0.05, 0.1) is 23.3 Å². The third-order valence-electron chi connectivity index (χ3n) is 4.26. The molecule has 0 N–H and O–H groups in total. The van der Waals surface area contributed by atoms with Crippen molar-refractivity contribution in [3.05, 3.63) is 98.0 Å². The van der Waals surface area contributed by atoms with Crippen molar-refractivity contribution in [2.45, 2.75) is 13.5 Å². The van der Waals surface area contributed by atoms with Crippen LogP contribution in [0, 0.1) is 6.92 Å². The van der Waals surface area contributed by atoms with Crippen LogP contribution < -0.4 is 11.2 Å². The normalized spacial score (nSPS) is 11.0. The first-order chi connectivity index (χ1) is 13.0. The number of hydrogen-bond donors (Lipinski definition) is 0. The maximum absolute atomic E-state index is 13.2. The second-order valence-electron chi connectivity index (χ2n) is 6.19. The standard InChI is InChI=1S/C20H15ClN4O2/c1-13-7-8-15(23-11-13)12-24-19(26)17-6-3-9-22-18(17)25(20(24)27)16-5-2-4-14(21)10-16/h2-11H,12H2,1H3. The van der Waals surface area contributed by atoms with Gasteiger partial charge in [0.25, 0.3) is 5.56 Å². The molecule has 0 spiro atoms. The molecule has 0 amide bonds. The summed E-state index contributed by atoms with van der Waals surface area (Å²) in [6.45, 7) is 2.00. The third-order valence-corrected chi connectivity index (χ3v) is 4.49. The zero-order valence-electron chi connectivity index (χ0n) is 14.5. The monoisotopic (exact) mass is 378 g/mol. The van der Waals surface area contributed by atoms with Crippen LogP contribution in [-0.2, 0) is 6.54 Å². The summed E-state index contributed by atoms with van der Waals surface area (Å²) in [4.78, 5) is 34.7. The highest BCUT2D eigenvalue weighted by atomic mass is 35.5. The van der Waals surface area contributed by atoms with Crippen LogP contribution in [0.2, 0.25) is 5.02 Å². The van der Waals surface area contributed by atoms with Crippen molar-refractivity contribution in [3.8, 4) is 5.69 Å². The molecule has 3 aromatic heterocycles. The van der Waals surface area contributed by atoms with Crippen LogP contribution in [-0.4, -0.2) is 19.1 Å². The third kappa shape index (κ3) is 3.15. The van der Waals surface area contributed by atoms with Crippen LogP contribution in [0.1, 0.15) is 11.3 Å². The quantitative estimate of drug-likeness (QED) is 0.549. The predicted octanol–water partition coefficient (Wildman–Crippen LogP) is 2.95. The average molecular weight is 379 g/mol. The molecule has 134 valence electrons. The number of pyridine rings is 2. The van der Waals surface area contributed by atoms with Crippen LogP contribution in [0.4, 0.5) is 0 Å². The van der Waals surface area contributed by atoms with Gasteiger partial charge in [-0.3, -0.25) is 14.3 Å². The van der Waals surface area contributed by atoms with E-state index in [4.69, 9.17) is 11.6 Å². The van der Waals surface area contributed by atoms with Gasteiger partial charge in [-0.1, -0.05) is 23.7 Å². The van der Waals surface area contributed by atoms with Crippen molar-refractivity contribution in [3.63, 3.8) is 0 Å². The van der Waals surface area contributed by atoms with Crippen LogP contribution in [0.25, 0.3) is 16.7 Å². The molecular formula is C20H15ClN4O2. The van der Waals surface area contributed by atoms with E-state index in [1.54, 1.807) is 54.9 Å². The van der Waals surface area contributed by atoms with E-state index >= 15 is 0 Å². The molecule has 6 nitrogen and oxygen atoms in total. The van der Waals surface area contributed by atoms with Gasteiger partial charge in [-0.2, -0.15) is 0 Å². The minimum atomic E-state index is -0.490.